The highest BCUT2D eigenvalue weighted by atomic mass is 32.1. The van der Waals surface area contributed by atoms with Crippen molar-refractivity contribution in [1.29, 1.82) is 0 Å². The number of fused-ring (bicyclic) bond motifs is 3. The summed E-state index contributed by atoms with van der Waals surface area (Å²) in [6.07, 6.45) is 1.92. The van der Waals surface area contributed by atoms with Crippen LogP contribution in [0.15, 0.2) is 53.9 Å². The van der Waals surface area contributed by atoms with Gasteiger partial charge in [0.25, 0.3) is 0 Å². The van der Waals surface area contributed by atoms with Gasteiger partial charge in [-0.25, -0.2) is 9.67 Å². The molecule has 128 valence electrons. The Morgan fingerprint density at radius 3 is 2.69 bits per heavy atom. The molecule has 2 heterocycles. The zero-order valence-electron chi connectivity index (χ0n) is 14.9. The second kappa shape index (κ2) is 5.92. The molecule has 0 saturated heterocycles. The summed E-state index contributed by atoms with van der Waals surface area (Å²) in [7, 11) is 0. The highest BCUT2D eigenvalue weighted by Crippen LogP contribution is 2.40. The Morgan fingerprint density at radius 2 is 1.88 bits per heavy atom. The normalized spacial score (nSPS) is 12.2. The van der Waals surface area contributed by atoms with Crippen LogP contribution in [0.4, 0.5) is 0 Å². The Hall–Kier alpha value is -2.72. The van der Waals surface area contributed by atoms with Gasteiger partial charge in [0, 0.05) is 28.5 Å². The quantitative estimate of drug-likeness (QED) is 0.430. The zero-order chi connectivity index (χ0) is 17.7. The molecule has 0 radical (unpaired) electrons. The number of aromatic nitrogens is 3. The second-order valence-corrected chi connectivity index (χ2v) is 7.59. The van der Waals surface area contributed by atoms with Crippen molar-refractivity contribution in [2.24, 2.45) is 0 Å². The molecule has 2 aromatic heterocycles. The monoisotopic (exact) mass is 357 g/mol. The van der Waals surface area contributed by atoms with Crippen molar-refractivity contribution in [3.8, 4) is 27.6 Å². The lowest BCUT2D eigenvalue weighted by Gasteiger charge is -2.04. The third-order valence-corrected chi connectivity index (χ3v) is 5.88. The van der Waals surface area contributed by atoms with Gasteiger partial charge in [0.05, 0.1) is 17.1 Å². The van der Waals surface area contributed by atoms with Gasteiger partial charge in [0.15, 0.2) is 0 Å². The van der Waals surface area contributed by atoms with Crippen LogP contribution in [0.3, 0.4) is 0 Å². The van der Waals surface area contributed by atoms with E-state index in [9.17, 15) is 0 Å². The van der Waals surface area contributed by atoms with Crippen LogP contribution < -0.4 is 0 Å². The van der Waals surface area contributed by atoms with E-state index < -0.39 is 0 Å². The summed E-state index contributed by atoms with van der Waals surface area (Å²) in [4.78, 5) is 4.90. The molecule has 5 rings (SSSR count). The maximum atomic E-state index is 4.91. The summed E-state index contributed by atoms with van der Waals surface area (Å²) >= 11 is 1.66. The first-order chi connectivity index (χ1) is 12.7. The molecule has 0 amide bonds. The fourth-order valence-electron chi connectivity index (χ4n) is 3.69. The summed E-state index contributed by atoms with van der Waals surface area (Å²) in [6.45, 7) is 4.28. The highest BCUT2D eigenvalue weighted by molar-refractivity contribution is 7.12. The van der Waals surface area contributed by atoms with Crippen LogP contribution in [0.5, 0.6) is 0 Å². The Balaban J connectivity index is 1.64. The van der Waals surface area contributed by atoms with Crippen molar-refractivity contribution in [3.63, 3.8) is 0 Å². The van der Waals surface area contributed by atoms with E-state index in [1.807, 2.05) is 0 Å². The molecule has 4 aromatic rings. The summed E-state index contributed by atoms with van der Waals surface area (Å²) in [5.74, 6) is 0. The molecule has 0 bridgehead atoms. The van der Waals surface area contributed by atoms with Crippen molar-refractivity contribution >= 4 is 11.3 Å². The van der Waals surface area contributed by atoms with Crippen LogP contribution in [0, 0.1) is 6.92 Å². The van der Waals surface area contributed by atoms with Crippen LogP contribution >= 0.6 is 11.3 Å². The summed E-state index contributed by atoms with van der Waals surface area (Å²) < 4.78 is 2.06. The van der Waals surface area contributed by atoms with Gasteiger partial charge in [-0.05, 0) is 18.9 Å². The SMILES string of the molecule is CCc1nn(-c2nc(-c3ccc(C)cc3)cs2)c2c1Cc1ccccc1-2. The lowest BCUT2D eigenvalue weighted by atomic mass is 10.1. The number of benzene rings is 2. The molecular weight excluding hydrogens is 338 g/mol. The van der Waals surface area contributed by atoms with E-state index in [-0.39, 0.29) is 0 Å². The molecule has 0 N–H and O–H groups in total. The van der Waals surface area contributed by atoms with E-state index in [0.717, 1.165) is 29.2 Å². The number of thiazole rings is 1. The molecular formula is C22H19N3S. The lowest BCUT2D eigenvalue weighted by molar-refractivity contribution is 0.836. The van der Waals surface area contributed by atoms with E-state index >= 15 is 0 Å². The van der Waals surface area contributed by atoms with E-state index in [0.29, 0.717) is 0 Å². The van der Waals surface area contributed by atoms with Gasteiger partial charge in [-0.3, -0.25) is 0 Å². The Labute approximate surface area is 157 Å². The van der Waals surface area contributed by atoms with Crippen molar-refractivity contribution < 1.29 is 0 Å². The van der Waals surface area contributed by atoms with Gasteiger partial charge in [-0.1, -0.05) is 61.0 Å². The van der Waals surface area contributed by atoms with Crippen molar-refractivity contribution in [3.05, 3.63) is 76.3 Å². The topological polar surface area (TPSA) is 30.7 Å². The molecule has 0 atom stereocenters. The standard InChI is InChI=1S/C22H19N3S/c1-3-19-18-12-16-6-4-5-7-17(16)21(18)25(24-19)22-23-20(13-26-22)15-10-8-14(2)9-11-15/h4-11,13H,3,12H2,1-2H3. The van der Waals surface area contributed by atoms with Crippen LogP contribution in [0.25, 0.3) is 27.6 Å². The molecule has 4 heteroatoms. The number of hydrogen-bond donors (Lipinski definition) is 0. The molecule has 0 saturated carbocycles. The molecule has 26 heavy (non-hydrogen) atoms. The van der Waals surface area contributed by atoms with Crippen LogP contribution in [0.2, 0.25) is 0 Å². The predicted octanol–water partition coefficient (Wildman–Crippen LogP) is 5.44. The van der Waals surface area contributed by atoms with Crippen molar-refractivity contribution in [2.45, 2.75) is 26.7 Å². The Morgan fingerprint density at radius 1 is 1.08 bits per heavy atom. The van der Waals surface area contributed by atoms with Gasteiger partial charge in [-0.15, -0.1) is 11.3 Å². The average molecular weight is 357 g/mol. The van der Waals surface area contributed by atoms with Gasteiger partial charge in [-0.2, -0.15) is 5.10 Å². The number of nitrogens with zero attached hydrogens (tertiary/aromatic N) is 3. The number of hydrogen-bond acceptors (Lipinski definition) is 3. The first-order valence-corrected chi connectivity index (χ1v) is 9.84. The van der Waals surface area contributed by atoms with Crippen molar-refractivity contribution in [1.82, 2.24) is 14.8 Å². The van der Waals surface area contributed by atoms with Crippen LogP contribution in [0.1, 0.15) is 29.3 Å². The van der Waals surface area contributed by atoms with Gasteiger partial charge in [0.2, 0.25) is 5.13 Å². The molecule has 1 aliphatic rings. The third kappa shape index (κ3) is 2.33. The second-order valence-electron chi connectivity index (χ2n) is 6.75. The summed E-state index contributed by atoms with van der Waals surface area (Å²) in [5, 5.41) is 7.97. The first-order valence-electron chi connectivity index (χ1n) is 8.96. The van der Waals surface area contributed by atoms with Gasteiger partial charge in [0.1, 0.15) is 0 Å². The molecule has 0 unspecified atom stereocenters. The van der Waals surface area contributed by atoms with E-state index in [1.165, 1.54) is 33.6 Å². The number of aryl methyl sites for hydroxylation is 2. The molecule has 0 aliphatic heterocycles. The van der Waals surface area contributed by atoms with E-state index in [1.54, 1.807) is 11.3 Å². The molecule has 1 aliphatic carbocycles. The van der Waals surface area contributed by atoms with Gasteiger partial charge >= 0.3 is 0 Å². The summed E-state index contributed by atoms with van der Waals surface area (Å²) in [5.41, 5.74) is 9.88. The molecule has 2 aromatic carbocycles. The molecule has 0 spiro atoms. The van der Waals surface area contributed by atoms with Gasteiger partial charge < -0.3 is 0 Å². The first kappa shape index (κ1) is 15.5. The van der Waals surface area contributed by atoms with Crippen molar-refractivity contribution in [2.75, 3.05) is 0 Å². The molecule has 0 fully saturated rings. The fourth-order valence-corrected chi connectivity index (χ4v) is 4.48. The predicted molar refractivity (Wildman–Crippen MR) is 107 cm³/mol. The maximum Gasteiger partial charge on any atom is 0.211 e. The highest BCUT2D eigenvalue weighted by Gasteiger charge is 2.28. The van der Waals surface area contributed by atoms with E-state index in [2.05, 4.69) is 72.4 Å². The summed E-state index contributed by atoms with van der Waals surface area (Å²) in [6, 6.07) is 17.2. The minimum absolute atomic E-state index is 0.938. The molecule has 3 nitrogen and oxygen atoms in total. The Bertz CT molecular complexity index is 1100. The average Bonchev–Trinajstić information content (AvgIpc) is 3.36. The largest absolute Gasteiger partial charge is 0.218 e. The number of rotatable bonds is 3. The van der Waals surface area contributed by atoms with Crippen LogP contribution in [-0.4, -0.2) is 14.8 Å². The smallest absolute Gasteiger partial charge is 0.211 e. The fraction of sp³-hybridized carbons (Fsp3) is 0.182. The minimum Gasteiger partial charge on any atom is -0.218 e. The third-order valence-electron chi connectivity index (χ3n) is 5.06. The lowest BCUT2D eigenvalue weighted by Crippen LogP contribution is -1.99. The van der Waals surface area contributed by atoms with Crippen LogP contribution in [-0.2, 0) is 12.8 Å². The maximum absolute atomic E-state index is 4.91. The minimum atomic E-state index is 0.938. The Kier molecular flexibility index (Phi) is 3.54. The van der Waals surface area contributed by atoms with E-state index in [4.69, 9.17) is 10.1 Å². The zero-order valence-corrected chi connectivity index (χ0v) is 15.7.